The van der Waals surface area contributed by atoms with Crippen LogP contribution in [0.2, 0.25) is 0 Å². The first kappa shape index (κ1) is 16.7. The molecule has 1 aliphatic rings. The maximum atomic E-state index is 13.0. The van der Waals surface area contributed by atoms with E-state index in [1.807, 2.05) is 42.5 Å². The zero-order chi connectivity index (χ0) is 17.2. The molecule has 2 unspecified atom stereocenters. The Labute approximate surface area is 144 Å². The number of hydrogen-bond donors (Lipinski definition) is 0. The summed E-state index contributed by atoms with van der Waals surface area (Å²) in [5.74, 6) is 0.325. The van der Waals surface area contributed by atoms with Crippen LogP contribution in [0.1, 0.15) is 43.5 Å². The summed E-state index contributed by atoms with van der Waals surface area (Å²) in [7, 11) is 0. The molecule has 2 nitrogen and oxygen atoms in total. The lowest BCUT2D eigenvalue weighted by Gasteiger charge is -2.50. The molecule has 2 heteroatoms. The summed E-state index contributed by atoms with van der Waals surface area (Å²) in [6.45, 7) is 8.86. The summed E-state index contributed by atoms with van der Waals surface area (Å²) in [5, 5.41) is 0. The molecule has 0 saturated carbocycles. The molecule has 0 N–H and O–H groups in total. The third-order valence-electron chi connectivity index (χ3n) is 5.15. The monoisotopic (exact) mass is 319 g/mol. The minimum Gasteiger partial charge on any atom is -0.299 e. The Kier molecular flexibility index (Phi) is 4.68. The lowest BCUT2D eigenvalue weighted by Crippen LogP contribution is -2.50. The van der Waals surface area contributed by atoms with E-state index in [4.69, 9.17) is 0 Å². The second kappa shape index (κ2) is 6.74. The van der Waals surface area contributed by atoms with E-state index >= 15 is 0 Å². The first-order valence-electron chi connectivity index (χ1n) is 8.55. The van der Waals surface area contributed by atoms with Gasteiger partial charge in [-0.25, -0.2) is 0 Å². The molecule has 0 radical (unpaired) electrons. The van der Waals surface area contributed by atoms with Gasteiger partial charge in [0.2, 0.25) is 0 Å². The largest absolute Gasteiger partial charge is 0.299 e. The second-order valence-corrected chi connectivity index (χ2v) is 7.07. The lowest BCUT2D eigenvalue weighted by molar-refractivity contribution is -0.140. The van der Waals surface area contributed by atoms with Crippen LogP contribution in [0.5, 0.6) is 0 Å². The van der Waals surface area contributed by atoms with Crippen LogP contribution in [0.4, 0.5) is 0 Å². The van der Waals surface area contributed by atoms with Crippen molar-refractivity contribution < 1.29 is 4.79 Å². The Bertz CT molecular complexity index is 705. The second-order valence-electron chi connectivity index (χ2n) is 7.07. The fourth-order valence-electron chi connectivity index (χ4n) is 3.91. The van der Waals surface area contributed by atoms with Gasteiger partial charge in [-0.15, -0.1) is 6.58 Å². The fourth-order valence-corrected chi connectivity index (χ4v) is 3.91. The molecule has 2 aromatic carbocycles. The zero-order valence-corrected chi connectivity index (χ0v) is 14.5. The molecule has 0 aliphatic carbocycles. The fraction of sp³-hybridized carbons (Fsp3) is 0.318. The van der Waals surface area contributed by atoms with Gasteiger partial charge in [-0.2, -0.15) is 0 Å². The number of ketones is 1. The van der Waals surface area contributed by atoms with Crippen LogP contribution in [0.25, 0.3) is 0 Å². The molecule has 3 rings (SSSR count). The number of carbonyl (C=O) groups is 1. The normalized spacial score (nSPS) is 23.8. The van der Waals surface area contributed by atoms with E-state index in [0.717, 1.165) is 6.54 Å². The van der Waals surface area contributed by atoms with Gasteiger partial charge in [0.1, 0.15) is 5.78 Å². The predicted molar refractivity (Wildman–Crippen MR) is 98.7 cm³/mol. The average molecular weight is 319 g/mol. The van der Waals surface area contributed by atoms with Crippen LogP contribution >= 0.6 is 0 Å². The van der Waals surface area contributed by atoms with E-state index < -0.39 is 5.41 Å². The zero-order valence-electron chi connectivity index (χ0n) is 14.5. The van der Waals surface area contributed by atoms with Crippen LogP contribution in [-0.4, -0.2) is 17.2 Å². The Morgan fingerprint density at radius 1 is 1.04 bits per heavy atom. The number of piperidine rings is 1. The van der Waals surface area contributed by atoms with Crippen LogP contribution in [0.3, 0.4) is 0 Å². The Hall–Kier alpha value is -2.19. The van der Waals surface area contributed by atoms with Gasteiger partial charge in [0, 0.05) is 30.5 Å². The van der Waals surface area contributed by atoms with Gasteiger partial charge in [-0.1, -0.05) is 80.6 Å². The molecule has 124 valence electrons. The van der Waals surface area contributed by atoms with Gasteiger partial charge in [0.15, 0.2) is 0 Å². The summed E-state index contributed by atoms with van der Waals surface area (Å²) < 4.78 is 0. The highest BCUT2D eigenvalue weighted by molar-refractivity contribution is 5.86. The number of hydrogen-bond acceptors (Lipinski definition) is 2. The number of nitrogens with zero attached hydrogens (tertiary/aromatic N) is 1. The summed E-state index contributed by atoms with van der Waals surface area (Å²) >= 11 is 0. The summed E-state index contributed by atoms with van der Waals surface area (Å²) in [5.41, 5.74) is 1.97. The summed E-state index contributed by atoms with van der Waals surface area (Å²) in [4.78, 5) is 15.4. The molecule has 0 spiro atoms. The molecule has 24 heavy (non-hydrogen) atoms. The highest BCUT2D eigenvalue weighted by atomic mass is 16.1. The van der Waals surface area contributed by atoms with E-state index in [2.05, 4.69) is 49.6 Å². The van der Waals surface area contributed by atoms with Crippen molar-refractivity contribution >= 4 is 5.78 Å². The minimum absolute atomic E-state index is 0.0446. The van der Waals surface area contributed by atoms with Gasteiger partial charge >= 0.3 is 0 Å². The smallest absolute Gasteiger partial charge is 0.142 e. The first-order valence-corrected chi connectivity index (χ1v) is 8.55. The lowest BCUT2D eigenvalue weighted by atomic mass is 9.69. The number of likely N-dealkylation sites (tertiary alicyclic amines) is 1. The Morgan fingerprint density at radius 3 is 2.12 bits per heavy atom. The van der Waals surface area contributed by atoms with Crippen molar-refractivity contribution in [1.29, 1.82) is 0 Å². The standard InChI is InChI=1S/C22H25NO/c1-4-15-23-19(17-11-7-5-8-12-17)16-20(24)22(2,3)21(23)18-13-9-6-10-14-18/h4-14,19,21H,1,15-16H2,2-3H3. The van der Waals surface area contributed by atoms with Crippen LogP contribution in [0, 0.1) is 5.41 Å². The molecule has 2 atom stereocenters. The summed E-state index contributed by atoms with van der Waals surface area (Å²) in [6.07, 6.45) is 2.49. The molecule has 1 fully saturated rings. The van der Waals surface area contributed by atoms with E-state index in [1.165, 1.54) is 11.1 Å². The molecule has 2 aromatic rings. The number of carbonyl (C=O) groups excluding carboxylic acids is 1. The molecule has 0 amide bonds. The Balaban J connectivity index is 2.10. The summed E-state index contributed by atoms with van der Waals surface area (Å²) in [6, 6.07) is 20.9. The minimum atomic E-state index is -0.421. The molecular weight excluding hydrogens is 294 g/mol. The average Bonchev–Trinajstić information content (AvgIpc) is 2.60. The van der Waals surface area contributed by atoms with E-state index in [-0.39, 0.29) is 12.1 Å². The number of Topliss-reactive ketones (excluding diaryl/α,β-unsaturated/α-hetero) is 1. The van der Waals surface area contributed by atoms with Crippen molar-refractivity contribution in [3.8, 4) is 0 Å². The maximum absolute atomic E-state index is 13.0. The van der Waals surface area contributed by atoms with Crippen LogP contribution in [-0.2, 0) is 4.79 Å². The SMILES string of the molecule is C=CCN1C(c2ccccc2)CC(=O)C(C)(C)C1c1ccccc1. The van der Waals surface area contributed by atoms with Crippen molar-refractivity contribution in [2.45, 2.75) is 32.4 Å². The highest BCUT2D eigenvalue weighted by Gasteiger charge is 2.48. The van der Waals surface area contributed by atoms with Crippen LogP contribution < -0.4 is 0 Å². The quantitative estimate of drug-likeness (QED) is 0.743. The molecular formula is C22H25NO. The van der Waals surface area contributed by atoms with Crippen molar-refractivity contribution in [2.24, 2.45) is 5.41 Å². The predicted octanol–water partition coefficient (Wildman–Crippen LogP) is 4.96. The third-order valence-corrected chi connectivity index (χ3v) is 5.15. The van der Waals surface area contributed by atoms with Gasteiger partial charge in [0.25, 0.3) is 0 Å². The van der Waals surface area contributed by atoms with Crippen molar-refractivity contribution in [2.75, 3.05) is 6.54 Å². The van der Waals surface area contributed by atoms with E-state index in [0.29, 0.717) is 12.2 Å². The van der Waals surface area contributed by atoms with Crippen molar-refractivity contribution in [3.05, 3.63) is 84.4 Å². The third kappa shape index (κ3) is 2.94. The molecule has 0 aromatic heterocycles. The van der Waals surface area contributed by atoms with Crippen molar-refractivity contribution in [1.82, 2.24) is 4.90 Å². The van der Waals surface area contributed by atoms with Gasteiger partial charge in [0.05, 0.1) is 0 Å². The van der Waals surface area contributed by atoms with Gasteiger partial charge < -0.3 is 0 Å². The van der Waals surface area contributed by atoms with E-state index in [9.17, 15) is 4.79 Å². The first-order chi connectivity index (χ1) is 11.6. The van der Waals surface area contributed by atoms with Crippen molar-refractivity contribution in [3.63, 3.8) is 0 Å². The van der Waals surface area contributed by atoms with Gasteiger partial charge in [-0.3, -0.25) is 9.69 Å². The number of benzene rings is 2. The molecule has 0 bridgehead atoms. The molecule has 1 saturated heterocycles. The topological polar surface area (TPSA) is 20.3 Å². The number of rotatable bonds is 4. The maximum Gasteiger partial charge on any atom is 0.142 e. The molecule has 1 heterocycles. The molecule has 1 aliphatic heterocycles. The van der Waals surface area contributed by atoms with Gasteiger partial charge in [-0.05, 0) is 11.1 Å². The van der Waals surface area contributed by atoms with Crippen LogP contribution in [0.15, 0.2) is 73.3 Å². The Morgan fingerprint density at radius 2 is 1.58 bits per heavy atom. The van der Waals surface area contributed by atoms with E-state index in [1.54, 1.807) is 0 Å². The highest BCUT2D eigenvalue weighted by Crippen LogP contribution is 2.49.